The normalized spacial score (nSPS) is 11.8. The van der Waals surface area contributed by atoms with Gasteiger partial charge in [-0.05, 0) is 43.2 Å². The number of aryl methyl sites for hydroxylation is 1. The maximum absolute atomic E-state index is 12.7. The first-order chi connectivity index (χ1) is 14.9. The summed E-state index contributed by atoms with van der Waals surface area (Å²) in [4.78, 5) is 12.7. The van der Waals surface area contributed by atoms with Crippen molar-refractivity contribution in [1.82, 2.24) is 20.1 Å². The first-order valence-corrected chi connectivity index (χ1v) is 11.0. The molecule has 31 heavy (non-hydrogen) atoms. The van der Waals surface area contributed by atoms with Gasteiger partial charge >= 0.3 is 0 Å². The Morgan fingerprint density at radius 1 is 1.13 bits per heavy atom. The highest BCUT2D eigenvalue weighted by Gasteiger charge is 2.19. The molecule has 1 N–H and O–H groups in total. The molecular weight excluding hydrogens is 412 g/mol. The van der Waals surface area contributed by atoms with E-state index in [0.29, 0.717) is 17.3 Å². The van der Waals surface area contributed by atoms with Gasteiger partial charge in [0.15, 0.2) is 11.0 Å². The minimum absolute atomic E-state index is 0.129. The molecule has 0 fully saturated rings. The highest BCUT2D eigenvalue weighted by Crippen LogP contribution is 2.26. The van der Waals surface area contributed by atoms with Gasteiger partial charge in [-0.15, -0.1) is 10.2 Å². The lowest BCUT2D eigenvalue weighted by Gasteiger charge is -2.15. The van der Waals surface area contributed by atoms with E-state index in [9.17, 15) is 4.79 Å². The van der Waals surface area contributed by atoms with Crippen LogP contribution in [0.1, 0.15) is 35.5 Å². The largest absolute Gasteiger partial charge is 0.497 e. The third-order valence-corrected chi connectivity index (χ3v) is 6.16. The lowest BCUT2D eigenvalue weighted by atomic mass is 10.1. The van der Waals surface area contributed by atoms with Crippen molar-refractivity contribution in [2.24, 2.45) is 7.05 Å². The van der Waals surface area contributed by atoms with Gasteiger partial charge in [-0.3, -0.25) is 4.79 Å². The molecule has 0 aliphatic carbocycles. The topological polar surface area (TPSA) is 78.3 Å². The maximum Gasteiger partial charge on any atom is 0.225 e. The average Bonchev–Trinajstić information content (AvgIpc) is 3.13. The number of hydrogen-bond acceptors (Lipinski definition) is 6. The number of aromatic nitrogens is 3. The van der Waals surface area contributed by atoms with Gasteiger partial charge in [0.25, 0.3) is 0 Å². The van der Waals surface area contributed by atoms with Crippen LogP contribution in [0.15, 0.2) is 47.6 Å². The highest BCUT2D eigenvalue weighted by molar-refractivity contribution is 7.98. The van der Waals surface area contributed by atoms with Crippen LogP contribution in [0, 0.1) is 6.92 Å². The molecule has 8 heteroatoms. The lowest BCUT2D eigenvalue weighted by Crippen LogP contribution is -2.29. The molecule has 0 aliphatic heterocycles. The molecular formula is C23H28N4O3S. The summed E-state index contributed by atoms with van der Waals surface area (Å²) in [6, 6.07) is 13.4. The van der Waals surface area contributed by atoms with Crippen molar-refractivity contribution in [3.8, 4) is 11.5 Å². The Hall–Kier alpha value is -3.00. The molecule has 0 radical (unpaired) electrons. The fourth-order valence-corrected chi connectivity index (χ4v) is 4.29. The first kappa shape index (κ1) is 22.7. The molecule has 1 heterocycles. The minimum Gasteiger partial charge on any atom is -0.497 e. The van der Waals surface area contributed by atoms with E-state index < -0.39 is 0 Å². The molecule has 0 spiro atoms. The minimum atomic E-state index is -0.283. The Labute approximate surface area is 187 Å². The Morgan fingerprint density at radius 2 is 1.90 bits per heavy atom. The van der Waals surface area contributed by atoms with E-state index in [1.54, 1.807) is 38.1 Å². The number of thioether (sulfide) groups is 1. The summed E-state index contributed by atoms with van der Waals surface area (Å²) in [7, 11) is 5.10. The van der Waals surface area contributed by atoms with E-state index in [-0.39, 0.29) is 18.4 Å². The lowest BCUT2D eigenvalue weighted by molar-refractivity contribution is -0.121. The van der Waals surface area contributed by atoms with Crippen molar-refractivity contribution in [3.63, 3.8) is 0 Å². The van der Waals surface area contributed by atoms with E-state index >= 15 is 0 Å². The molecule has 0 aliphatic rings. The third kappa shape index (κ3) is 5.58. The van der Waals surface area contributed by atoms with Gasteiger partial charge in [0.1, 0.15) is 11.5 Å². The number of nitrogens with zero attached hydrogens (tertiary/aromatic N) is 3. The van der Waals surface area contributed by atoms with Gasteiger partial charge in [0.2, 0.25) is 5.91 Å². The van der Waals surface area contributed by atoms with Gasteiger partial charge in [-0.1, -0.05) is 36.0 Å². The Bertz CT molecular complexity index is 1050. The summed E-state index contributed by atoms with van der Waals surface area (Å²) >= 11 is 1.63. The molecule has 1 amide bonds. The fourth-order valence-electron chi connectivity index (χ4n) is 3.29. The van der Waals surface area contributed by atoms with E-state index in [4.69, 9.17) is 9.47 Å². The van der Waals surface area contributed by atoms with Gasteiger partial charge < -0.3 is 19.4 Å². The molecule has 0 bridgehead atoms. The average molecular weight is 441 g/mol. The fraction of sp³-hybridized carbons (Fsp3) is 0.348. The van der Waals surface area contributed by atoms with Gasteiger partial charge in [0.05, 0.1) is 26.7 Å². The first-order valence-electron chi connectivity index (χ1n) is 9.99. The highest BCUT2D eigenvalue weighted by atomic mass is 32.2. The molecule has 0 saturated carbocycles. The zero-order valence-electron chi connectivity index (χ0n) is 18.5. The van der Waals surface area contributed by atoms with Gasteiger partial charge in [-0.25, -0.2) is 0 Å². The second-order valence-corrected chi connectivity index (χ2v) is 8.20. The molecule has 7 nitrogen and oxygen atoms in total. The van der Waals surface area contributed by atoms with Crippen LogP contribution in [0.3, 0.4) is 0 Å². The predicted octanol–water partition coefficient (Wildman–Crippen LogP) is 3.85. The van der Waals surface area contributed by atoms with Crippen LogP contribution in [0.5, 0.6) is 11.5 Å². The van der Waals surface area contributed by atoms with Crippen molar-refractivity contribution in [3.05, 3.63) is 65.0 Å². The van der Waals surface area contributed by atoms with Crippen LogP contribution in [0.4, 0.5) is 0 Å². The number of carbonyl (C=O) groups is 1. The van der Waals surface area contributed by atoms with Crippen LogP contribution in [-0.2, 0) is 24.0 Å². The summed E-state index contributed by atoms with van der Waals surface area (Å²) < 4.78 is 12.6. The number of methoxy groups -OCH3 is 2. The van der Waals surface area contributed by atoms with E-state index in [1.165, 1.54) is 11.1 Å². The number of nitrogens with one attached hydrogen (secondary N) is 1. The second kappa shape index (κ2) is 10.3. The Morgan fingerprint density at radius 3 is 2.61 bits per heavy atom. The van der Waals surface area contributed by atoms with E-state index in [1.807, 2.05) is 36.7 Å². The molecule has 3 aromatic rings. The second-order valence-electron chi connectivity index (χ2n) is 7.26. The van der Waals surface area contributed by atoms with Crippen molar-refractivity contribution >= 4 is 17.7 Å². The molecule has 1 aromatic heterocycles. The van der Waals surface area contributed by atoms with Crippen molar-refractivity contribution in [2.45, 2.75) is 37.2 Å². The molecule has 2 aromatic carbocycles. The summed E-state index contributed by atoms with van der Waals surface area (Å²) in [6.07, 6.45) is 0.178. The van der Waals surface area contributed by atoms with Crippen LogP contribution < -0.4 is 14.8 Å². The molecule has 0 saturated heterocycles. The SMILES string of the molecule is COc1ccc(OC)c(CC(=O)N[C@@H](C)c2nnc(SCc3ccccc3C)n2C)c1. The van der Waals surface area contributed by atoms with Gasteiger partial charge in [0, 0.05) is 18.4 Å². The Kier molecular flexibility index (Phi) is 7.57. The molecule has 164 valence electrons. The summed E-state index contributed by atoms with van der Waals surface area (Å²) in [5, 5.41) is 12.4. The van der Waals surface area contributed by atoms with Crippen molar-refractivity contribution < 1.29 is 14.3 Å². The zero-order valence-corrected chi connectivity index (χ0v) is 19.3. The van der Waals surface area contributed by atoms with Crippen LogP contribution in [-0.4, -0.2) is 34.9 Å². The Balaban J connectivity index is 1.64. The molecule has 3 rings (SSSR count). The number of benzene rings is 2. The molecule has 1 atom stereocenters. The maximum atomic E-state index is 12.7. The quantitative estimate of drug-likeness (QED) is 0.509. The number of carbonyl (C=O) groups excluding carboxylic acids is 1. The smallest absolute Gasteiger partial charge is 0.225 e. The van der Waals surface area contributed by atoms with Crippen molar-refractivity contribution in [2.75, 3.05) is 14.2 Å². The monoisotopic (exact) mass is 440 g/mol. The van der Waals surface area contributed by atoms with Crippen LogP contribution in [0.25, 0.3) is 0 Å². The number of hydrogen-bond donors (Lipinski definition) is 1. The van der Waals surface area contributed by atoms with E-state index in [2.05, 4.69) is 34.6 Å². The third-order valence-electron chi connectivity index (χ3n) is 5.09. The standard InChI is InChI=1S/C23H28N4O3S/c1-15-8-6-7-9-17(15)14-31-23-26-25-22(27(23)3)16(2)24-21(28)13-18-12-19(29-4)10-11-20(18)30-5/h6-12,16H,13-14H2,1-5H3,(H,24,28)/t16-/m0/s1. The summed E-state index contributed by atoms with van der Waals surface area (Å²) in [5.41, 5.74) is 3.29. The van der Waals surface area contributed by atoms with Crippen LogP contribution >= 0.6 is 11.8 Å². The van der Waals surface area contributed by atoms with E-state index in [0.717, 1.165) is 16.5 Å². The zero-order chi connectivity index (χ0) is 22.4. The predicted molar refractivity (Wildman–Crippen MR) is 122 cm³/mol. The summed E-state index contributed by atoms with van der Waals surface area (Å²) in [6.45, 7) is 4.01. The van der Waals surface area contributed by atoms with Crippen LogP contribution in [0.2, 0.25) is 0 Å². The number of rotatable bonds is 9. The van der Waals surface area contributed by atoms with Gasteiger partial charge in [-0.2, -0.15) is 0 Å². The molecule has 0 unspecified atom stereocenters. The summed E-state index contributed by atoms with van der Waals surface area (Å²) in [5.74, 6) is 2.72. The van der Waals surface area contributed by atoms with Crippen molar-refractivity contribution in [1.29, 1.82) is 0 Å². The number of ether oxygens (including phenoxy) is 2. The number of amides is 1.